The molecule has 1 aromatic carbocycles. The Labute approximate surface area is 108 Å². The Hall–Kier alpha value is -1.39. The average molecular weight is 251 g/mol. The van der Waals surface area contributed by atoms with E-state index in [-0.39, 0.29) is 0 Å². The van der Waals surface area contributed by atoms with E-state index in [1.54, 1.807) is 0 Å². The SMILES string of the molecule is CCCCC(C(=O)O)[C@H](N)OCc1ccccc1. The van der Waals surface area contributed by atoms with Crippen LogP contribution in [-0.4, -0.2) is 17.3 Å². The second-order valence-electron chi connectivity index (χ2n) is 4.35. The minimum atomic E-state index is -0.885. The lowest BCUT2D eigenvalue weighted by Gasteiger charge is -2.20. The fraction of sp³-hybridized carbons (Fsp3) is 0.500. The zero-order valence-electron chi connectivity index (χ0n) is 10.7. The largest absolute Gasteiger partial charge is 0.481 e. The molecule has 4 heteroatoms. The van der Waals surface area contributed by atoms with Gasteiger partial charge in [0.15, 0.2) is 0 Å². The molecule has 0 heterocycles. The van der Waals surface area contributed by atoms with Crippen molar-refractivity contribution >= 4 is 5.97 Å². The van der Waals surface area contributed by atoms with Crippen molar-refractivity contribution in [3.63, 3.8) is 0 Å². The van der Waals surface area contributed by atoms with Crippen LogP contribution in [-0.2, 0) is 16.1 Å². The third-order valence-corrected chi connectivity index (χ3v) is 2.87. The lowest BCUT2D eigenvalue weighted by atomic mass is 10.0. The van der Waals surface area contributed by atoms with Crippen LogP contribution in [0.15, 0.2) is 30.3 Å². The molecule has 0 spiro atoms. The van der Waals surface area contributed by atoms with E-state index in [2.05, 4.69) is 0 Å². The van der Waals surface area contributed by atoms with Gasteiger partial charge in [-0.3, -0.25) is 4.79 Å². The van der Waals surface area contributed by atoms with Crippen LogP contribution in [0.2, 0.25) is 0 Å². The first-order valence-corrected chi connectivity index (χ1v) is 6.29. The molecule has 0 fully saturated rings. The van der Waals surface area contributed by atoms with E-state index in [0.29, 0.717) is 13.0 Å². The summed E-state index contributed by atoms with van der Waals surface area (Å²) in [5.74, 6) is -1.52. The third kappa shape index (κ3) is 4.85. The number of aliphatic carboxylic acids is 1. The van der Waals surface area contributed by atoms with Crippen LogP contribution >= 0.6 is 0 Å². The van der Waals surface area contributed by atoms with Crippen LogP contribution in [0.25, 0.3) is 0 Å². The first-order chi connectivity index (χ1) is 8.65. The summed E-state index contributed by atoms with van der Waals surface area (Å²) in [6.07, 6.45) is 1.60. The zero-order valence-corrected chi connectivity index (χ0v) is 10.7. The van der Waals surface area contributed by atoms with Crippen LogP contribution in [0.5, 0.6) is 0 Å². The van der Waals surface area contributed by atoms with Gasteiger partial charge in [0.05, 0.1) is 12.5 Å². The van der Waals surface area contributed by atoms with Crippen LogP contribution in [0.3, 0.4) is 0 Å². The van der Waals surface area contributed by atoms with Gasteiger partial charge in [0.2, 0.25) is 0 Å². The highest BCUT2D eigenvalue weighted by Gasteiger charge is 2.25. The van der Waals surface area contributed by atoms with Crippen LogP contribution in [0, 0.1) is 5.92 Å². The van der Waals surface area contributed by atoms with Crippen molar-refractivity contribution in [3.8, 4) is 0 Å². The van der Waals surface area contributed by atoms with Crippen molar-refractivity contribution in [2.45, 2.75) is 39.0 Å². The standard InChI is InChI=1S/C14H21NO3/c1-2-3-9-12(14(16)17)13(15)18-10-11-7-5-4-6-8-11/h4-8,12-13H,2-3,9-10,15H2,1H3,(H,16,17)/t12?,13-/m1/s1. The minimum absolute atomic E-state index is 0.345. The summed E-state index contributed by atoms with van der Waals surface area (Å²) < 4.78 is 5.45. The van der Waals surface area contributed by atoms with Gasteiger partial charge in [-0.1, -0.05) is 50.1 Å². The van der Waals surface area contributed by atoms with E-state index in [0.717, 1.165) is 18.4 Å². The number of hydrogen-bond acceptors (Lipinski definition) is 3. The molecule has 0 aromatic heterocycles. The number of benzene rings is 1. The average Bonchev–Trinajstić information content (AvgIpc) is 2.37. The summed E-state index contributed by atoms with van der Waals surface area (Å²) in [5, 5.41) is 9.11. The second kappa shape index (κ2) is 7.84. The van der Waals surface area contributed by atoms with Crippen molar-refractivity contribution < 1.29 is 14.6 Å². The van der Waals surface area contributed by atoms with Gasteiger partial charge >= 0.3 is 5.97 Å². The molecule has 0 aliphatic rings. The van der Waals surface area contributed by atoms with Gasteiger partial charge in [0.25, 0.3) is 0 Å². The number of carboxylic acid groups (broad SMARTS) is 1. The molecule has 2 atom stereocenters. The Morgan fingerprint density at radius 2 is 2.06 bits per heavy atom. The molecule has 0 aliphatic heterocycles. The number of rotatable bonds is 8. The maximum Gasteiger partial charge on any atom is 0.310 e. The van der Waals surface area contributed by atoms with Gasteiger partial charge < -0.3 is 15.6 Å². The first kappa shape index (κ1) is 14.7. The topological polar surface area (TPSA) is 72.5 Å². The molecule has 0 saturated carbocycles. The van der Waals surface area contributed by atoms with Gasteiger partial charge in [0, 0.05) is 0 Å². The Balaban J connectivity index is 2.46. The molecule has 0 radical (unpaired) electrons. The molecule has 0 amide bonds. The number of carbonyl (C=O) groups is 1. The maximum atomic E-state index is 11.1. The number of hydrogen-bond donors (Lipinski definition) is 2. The molecule has 0 bridgehead atoms. The zero-order chi connectivity index (χ0) is 13.4. The number of unbranched alkanes of at least 4 members (excludes halogenated alkanes) is 1. The highest BCUT2D eigenvalue weighted by atomic mass is 16.5. The summed E-state index contributed by atoms with van der Waals surface area (Å²) in [4.78, 5) is 11.1. The third-order valence-electron chi connectivity index (χ3n) is 2.87. The molecule has 18 heavy (non-hydrogen) atoms. The number of nitrogens with two attached hydrogens (primary N) is 1. The molecule has 4 nitrogen and oxygen atoms in total. The molecular weight excluding hydrogens is 230 g/mol. The summed E-state index contributed by atoms with van der Waals surface area (Å²) in [6.45, 7) is 2.37. The van der Waals surface area contributed by atoms with Gasteiger partial charge in [-0.25, -0.2) is 0 Å². The lowest BCUT2D eigenvalue weighted by Crippen LogP contribution is -2.37. The van der Waals surface area contributed by atoms with E-state index >= 15 is 0 Å². The molecule has 0 aliphatic carbocycles. The Bertz CT molecular complexity index is 353. The Kier molecular flexibility index (Phi) is 6.39. The van der Waals surface area contributed by atoms with Gasteiger partial charge in [-0.15, -0.1) is 0 Å². The van der Waals surface area contributed by atoms with Crippen LogP contribution in [0.4, 0.5) is 0 Å². The van der Waals surface area contributed by atoms with Crippen molar-refractivity contribution in [3.05, 3.63) is 35.9 Å². The van der Waals surface area contributed by atoms with Crippen molar-refractivity contribution in [1.29, 1.82) is 0 Å². The van der Waals surface area contributed by atoms with E-state index in [1.807, 2.05) is 37.3 Å². The fourth-order valence-electron chi connectivity index (χ4n) is 1.74. The monoisotopic (exact) mass is 251 g/mol. The van der Waals surface area contributed by atoms with E-state index in [4.69, 9.17) is 15.6 Å². The predicted molar refractivity (Wildman–Crippen MR) is 69.9 cm³/mol. The van der Waals surface area contributed by atoms with Crippen LogP contribution in [0.1, 0.15) is 31.7 Å². The van der Waals surface area contributed by atoms with E-state index in [1.165, 1.54) is 0 Å². The quantitative estimate of drug-likeness (QED) is 0.696. The molecular formula is C14H21NO3. The highest BCUT2D eigenvalue weighted by Crippen LogP contribution is 2.14. The first-order valence-electron chi connectivity index (χ1n) is 6.29. The normalized spacial score (nSPS) is 14.1. The predicted octanol–water partition coefficient (Wildman–Crippen LogP) is 2.38. The Morgan fingerprint density at radius 3 is 2.61 bits per heavy atom. The van der Waals surface area contributed by atoms with Crippen molar-refractivity contribution in [2.24, 2.45) is 11.7 Å². The maximum absolute atomic E-state index is 11.1. The summed E-state index contributed by atoms with van der Waals surface area (Å²) in [7, 11) is 0. The lowest BCUT2D eigenvalue weighted by molar-refractivity contribution is -0.148. The fourth-order valence-corrected chi connectivity index (χ4v) is 1.74. The Morgan fingerprint density at radius 1 is 1.39 bits per heavy atom. The number of ether oxygens (including phenoxy) is 1. The molecule has 1 aromatic rings. The van der Waals surface area contributed by atoms with Crippen LogP contribution < -0.4 is 5.73 Å². The van der Waals surface area contributed by atoms with Crippen molar-refractivity contribution in [2.75, 3.05) is 0 Å². The highest BCUT2D eigenvalue weighted by molar-refractivity contribution is 5.70. The van der Waals surface area contributed by atoms with Gasteiger partial charge in [0.1, 0.15) is 6.23 Å². The molecule has 100 valence electrons. The summed E-state index contributed by atoms with van der Waals surface area (Å²) in [6, 6.07) is 9.60. The molecule has 1 rings (SSSR count). The van der Waals surface area contributed by atoms with Gasteiger partial charge in [-0.2, -0.15) is 0 Å². The molecule has 1 unspecified atom stereocenters. The number of carboxylic acids is 1. The molecule has 3 N–H and O–H groups in total. The summed E-state index contributed by atoms with van der Waals surface area (Å²) in [5.41, 5.74) is 6.80. The van der Waals surface area contributed by atoms with Gasteiger partial charge in [-0.05, 0) is 12.0 Å². The second-order valence-corrected chi connectivity index (χ2v) is 4.35. The van der Waals surface area contributed by atoms with E-state index in [9.17, 15) is 4.79 Å². The smallest absolute Gasteiger partial charge is 0.310 e. The summed E-state index contributed by atoms with van der Waals surface area (Å²) >= 11 is 0. The van der Waals surface area contributed by atoms with Crippen molar-refractivity contribution in [1.82, 2.24) is 0 Å². The molecule has 0 saturated heterocycles. The van der Waals surface area contributed by atoms with E-state index < -0.39 is 18.1 Å². The minimum Gasteiger partial charge on any atom is -0.481 e.